The number of carbonyl (C=O) groups is 1. The van der Waals surface area contributed by atoms with Gasteiger partial charge in [0.25, 0.3) is 0 Å². The van der Waals surface area contributed by atoms with Gasteiger partial charge in [-0.3, -0.25) is 4.79 Å². The second-order valence-electron chi connectivity index (χ2n) is 4.96. The molecule has 0 heterocycles. The fourth-order valence-corrected chi connectivity index (χ4v) is 1.42. The molecule has 0 radical (unpaired) electrons. The van der Waals surface area contributed by atoms with Crippen molar-refractivity contribution >= 4 is 17.7 Å². The summed E-state index contributed by atoms with van der Waals surface area (Å²) in [6.45, 7) is 4.86. The number of nitrogens with zero attached hydrogens (tertiary/aromatic N) is 1. The van der Waals surface area contributed by atoms with Gasteiger partial charge in [0.1, 0.15) is 0 Å². The number of benzene rings is 1. The van der Waals surface area contributed by atoms with Crippen molar-refractivity contribution in [2.75, 3.05) is 25.5 Å². The lowest BCUT2D eigenvalue weighted by atomic mass is 10.2. The zero-order valence-electron chi connectivity index (χ0n) is 11.6. The standard InChI is InChI=1S/C15H22N2O/c1-12(2)11-16-15(18)10-7-13-5-8-14(9-6-13)17(3)4/h5-10,12H,11H2,1-4H3,(H,16,18)/b10-7-. The molecule has 18 heavy (non-hydrogen) atoms. The Morgan fingerprint density at radius 3 is 2.39 bits per heavy atom. The minimum atomic E-state index is -0.0413. The highest BCUT2D eigenvalue weighted by molar-refractivity contribution is 5.91. The summed E-state index contributed by atoms with van der Waals surface area (Å²) in [7, 11) is 4.01. The van der Waals surface area contributed by atoms with Gasteiger partial charge in [-0.25, -0.2) is 0 Å². The van der Waals surface area contributed by atoms with Crippen molar-refractivity contribution in [3.8, 4) is 0 Å². The molecule has 0 aliphatic heterocycles. The lowest BCUT2D eigenvalue weighted by Gasteiger charge is -2.11. The van der Waals surface area contributed by atoms with E-state index in [0.717, 1.165) is 11.3 Å². The van der Waals surface area contributed by atoms with Crippen molar-refractivity contribution < 1.29 is 4.79 Å². The van der Waals surface area contributed by atoms with Gasteiger partial charge >= 0.3 is 0 Å². The predicted octanol–water partition coefficient (Wildman–Crippen LogP) is 2.54. The first kappa shape index (κ1) is 14.3. The van der Waals surface area contributed by atoms with Gasteiger partial charge in [0, 0.05) is 32.4 Å². The number of amides is 1. The van der Waals surface area contributed by atoms with Gasteiger partial charge in [0.05, 0.1) is 0 Å². The van der Waals surface area contributed by atoms with Crippen molar-refractivity contribution in [1.82, 2.24) is 5.32 Å². The fraction of sp³-hybridized carbons (Fsp3) is 0.400. The smallest absolute Gasteiger partial charge is 0.244 e. The number of nitrogens with one attached hydrogen (secondary N) is 1. The van der Waals surface area contributed by atoms with E-state index >= 15 is 0 Å². The van der Waals surface area contributed by atoms with E-state index in [4.69, 9.17) is 0 Å². The van der Waals surface area contributed by atoms with Crippen LogP contribution in [0.3, 0.4) is 0 Å². The predicted molar refractivity (Wildman–Crippen MR) is 77.7 cm³/mol. The Hall–Kier alpha value is -1.77. The van der Waals surface area contributed by atoms with E-state index in [1.807, 2.05) is 49.3 Å². The first-order valence-corrected chi connectivity index (χ1v) is 6.22. The molecule has 0 atom stereocenters. The minimum Gasteiger partial charge on any atom is -0.378 e. The van der Waals surface area contributed by atoms with E-state index < -0.39 is 0 Å². The summed E-state index contributed by atoms with van der Waals surface area (Å²) in [4.78, 5) is 13.5. The molecule has 1 aromatic carbocycles. The highest BCUT2D eigenvalue weighted by atomic mass is 16.1. The summed E-state index contributed by atoms with van der Waals surface area (Å²) in [6.07, 6.45) is 3.40. The molecule has 3 nitrogen and oxygen atoms in total. The van der Waals surface area contributed by atoms with Crippen LogP contribution in [0.5, 0.6) is 0 Å². The number of carbonyl (C=O) groups excluding carboxylic acids is 1. The Morgan fingerprint density at radius 2 is 1.89 bits per heavy atom. The van der Waals surface area contributed by atoms with Crippen LogP contribution in [0, 0.1) is 5.92 Å². The van der Waals surface area contributed by atoms with Crippen molar-refractivity contribution in [2.45, 2.75) is 13.8 Å². The molecule has 0 aliphatic carbocycles. The quantitative estimate of drug-likeness (QED) is 0.810. The summed E-state index contributed by atoms with van der Waals surface area (Å²) >= 11 is 0. The van der Waals surface area contributed by atoms with E-state index in [1.165, 1.54) is 0 Å². The number of anilines is 1. The van der Waals surface area contributed by atoms with Crippen LogP contribution in [0.15, 0.2) is 30.3 Å². The Bertz CT molecular complexity index is 405. The van der Waals surface area contributed by atoms with Gasteiger partial charge in [0.2, 0.25) is 5.91 Å². The Labute approximate surface area is 109 Å². The molecule has 0 bridgehead atoms. The normalized spacial score (nSPS) is 10.9. The molecule has 0 fully saturated rings. The molecule has 98 valence electrons. The molecule has 3 heteroatoms. The SMILES string of the molecule is CC(C)CNC(=O)/C=C\c1ccc(N(C)C)cc1. The zero-order chi connectivity index (χ0) is 13.5. The molecular formula is C15H22N2O. The van der Waals surface area contributed by atoms with Crippen molar-refractivity contribution in [3.05, 3.63) is 35.9 Å². The molecule has 0 saturated heterocycles. The molecule has 1 N–H and O–H groups in total. The van der Waals surface area contributed by atoms with E-state index in [9.17, 15) is 4.79 Å². The van der Waals surface area contributed by atoms with Crippen LogP contribution in [0.4, 0.5) is 5.69 Å². The second-order valence-corrected chi connectivity index (χ2v) is 4.96. The third-order valence-corrected chi connectivity index (χ3v) is 2.52. The molecule has 0 unspecified atom stereocenters. The fourth-order valence-electron chi connectivity index (χ4n) is 1.42. The first-order chi connectivity index (χ1) is 8.49. The first-order valence-electron chi connectivity index (χ1n) is 6.22. The van der Waals surface area contributed by atoms with Crippen LogP contribution in [0.1, 0.15) is 19.4 Å². The van der Waals surface area contributed by atoms with Crippen LogP contribution in [0.25, 0.3) is 6.08 Å². The summed E-state index contributed by atoms with van der Waals surface area (Å²) in [5.41, 5.74) is 2.18. The third-order valence-electron chi connectivity index (χ3n) is 2.52. The molecule has 0 aromatic heterocycles. The van der Waals surface area contributed by atoms with Gasteiger partial charge in [-0.1, -0.05) is 26.0 Å². The van der Waals surface area contributed by atoms with Gasteiger partial charge < -0.3 is 10.2 Å². The maximum Gasteiger partial charge on any atom is 0.244 e. The van der Waals surface area contributed by atoms with Crippen LogP contribution in [-0.4, -0.2) is 26.5 Å². The Kier molecular flexibility index (Phi) is 5.43. The lowest BCUT2D eigenvalue weighted by molar-refractivity contribution is -0.116. The molecule has 0 spiro atoms. The van der Waals surface area contributed by atoms with Crippen molar-refractivity contribution in [1.29, 1.82) is 0 Å². The van der Waals surface area contributed by atoms with Crippen LogP contribution in [0.2, 0.25) is 0 Å². The van der Waals surface area contributed by atoms with Gasteiger partial charge in [0.15, 0.2) is 0 Å². The van der Waals surface area contributed by atoms with E-state index in [2.05, 4.69) is 19.2 Å². The maximum atomic E-state index is 11.5. The highest BCUT2D eigenvalue weighted by Gasteiger charge is 1.98. The highest BCUT2D eigenvalue weighted by Crippen LogP contribution is 2.12. The number of rotatable bonds is 5. The van der Waals surface area contributed by atoms with Gasteiger partial charge in [-0.05, 0) is 29.7 Å². The largest absolute Gasteiger partial charge is 0.378 e. The summed E-state index contributed by atoms with van der Waals surface area (Å²) < 4.78 is 0. The van der Waals surface area contributed by atoms with E-state index in [1.54, 1.807) is 6.08 Å². The monoisotopic (exact) mass is 246 g/mol. The summed E-state index contributed by atoms with van der Waals surface area (Å²) in [6, 6.07) is 8.07. The number of hydrogen-bond acceptors (Lipinski definition) is 2. The van der Waals surface area contributed by atoms with Crippen LogP contribution < -0.4 is 10.2 Å². The topological polar surface area (TPSA) is 32.3 Å². The molecular weight excluding hydrogens is 224 g/mol. The molecule has 1 rings (SSSR count). The molecule has 1 aromatic rings. The maximum absolute atomic E-state index is 11.5. The molecule has 0 aliphatic rings. The van der Waals surface area contributed by atoms with E-state index in [-0.39, 0.29) is 5.91 Å². The average molecular weight is 246 g/mol. The second kappa shape index (κ2) is 6.84. The van der Waals surface area contributed by atoms with Gasteiger partial charge in [-0.15, -0.1) is 0 Å². The summed E-state index contributed by atoms with van der Waals surface area (Å²) in [5, 5.41) is 2.85. The third kappa shape index (κ3) is 5.04. The van der Waals surface area contributed by atoms with Crippen molar-refractivity contribution in [2.24, 2.45) is 5.92 Å². The molecule has 0 saturated carbocycles. The Balaban J connectivity index is 2.53. The summed E-state index contributed by atoms with van der Waals surface area (Å²) in [5.74, 6) is 0.433. The van der Waals surface area contributed by atoms with Crippen molar-refractivity contribution in [3.63, 3.8) is 0 Å². The van der Waals surface area contributed by atoms with Crippen LogP contribution in [-0.2, 0) is 4.79 Å². The van der Waals surface area contributed by atoms with E-state index in [0.29, 0.717) is 12.5 Å². The van der Waals surface area contributed by atoms with Crippen LogP contribution >= 0.6 is 0 Å². The lowest BCUT2D eigenvalue weighted by Crippen LogP contribution is -2.25. The Morgan fingerprint density at radius 1 is 1.28 bits per heavy atom. The molecule has 1 amide bonds. The average Bonchev–Trinajstić information content (AvgIpc) is 2.34. The zero-order valence-corrected chi connectivity index (χ0v) is 11.6. The minimum absolute atomic E-state index is 0.0413. The number of hydrogen-bond donors (Lipinski definition) is 1. The van der Waals surface area contributed by atoms with Gasteiger partial charge in [-0.2, -0.15) is 0 Å².